The summed E-state index contributed by atoms with van der Waals surface area (Å²) in [6.07, 6.45) is 4.32. The number of rotatable bonds is 10. The first-order valence-corrected chi connectivity index (χ1v) is 13.7. The number of carbonyl (C=O) groups is 1. The number of carboxylic acids is 1. The van der Waals surface area contributed by atoms with Gasteiger partial charge in [-0.3, -0.25) is 9.69 Å². The van der Waals surface area contributed by atoms with Crippen LogP contribution < -0.4 is 4.74 Å². The van der Waals surface area contributed by atoms with Gasteiger partial charge >= 0.3 is 5.97 Å². The van der Waals surface area contributed by atoms with E-state index in [9.17, 15) is 9.90 Å². The molecule has 5 nitrogen and oxygen atoms in total. The van der Waals surface area contributed by atoms with Crippen molar-refractivity contribution in [2.75, 3.05) is 30.4 Å². The van der Waals surface area contributed by atoms with Gasteiger partial charge in [-0.25, -0.2) is 0 Å². The zero-order valence-electron chi connectivity index (χ0n) is 20.1. The quantitative estimate of drug-likeness (QED) is 0.400. The second-order valence-electron chi connectivity index (χ2n) is 8.44. The third-order valence-electron chi connectivity index (χ3n) is 5.97. The molecule has 0 amide bonds. The predicted octanol–water partition coefficient (Wildman–Crippen LogP) is 6.08. The Morgan fingerprint density at radius 2 is 2.03 bits per heavy atom. The van der Waals surface area contributed by atoms with E-state index in [1.165, 1.54) is 10.5 Å². The van der Waals surface area contributed by atoms with E-state index in [0.717, 1.165) is 59.3 Å². The Balaban J connectivity index is 1.63. The molecule has 0 radical (unpaired) electrons. The van der Waals surface area contributed by atoms with Crippen molar-refractivity contribution in [2.24, 2.45) is 0 Å². The second-order valence-corrected chi connectivity index (χ2v) is 10.7. The molecule has 1 aromatic rings. The van der Waals surface area contributed by atoms with Crippen molar-refractivity contribution in [2.45, 2.75) is 53.1 Å². The number of allylic oxidation sites excluding steroid dienone is 3. The summed E-state index contributed by atoms with van der Waals surface area (Å²) < 4.78 is 12.4. The number of carboxylic acid groups (broad SMARTS) is 1. The molecule has 1 unspecified atom stereocenters. The van der Waals surface area contributed by atoms with Crippen LogP contribution in [0.15, 0.2) is 57.9 Å². The molecule has 3 rings (SSSR count). The van der Waals surface area contributed by atoms with Gasteiger partial charge in [-0.2, -0.15) is 11.8 Å². The fourth-order valence-electron chi connectivity index (χ4n) is 3.64. The number of hydrogen-bond acceptors (Lipinski definition) is 6. The van der Waals surface area contributed by atoms with Crippen LogP contribution in [0.4, 0.5) is 0 Å². The summed E-state index contributed by atoms with van der Waals surface area (Å²) in [6, 6.07) is 7.52. The molecule has 180 valence electrons. The van der Waals surface area contributed by atoms with Crippen molar-refractivity contribution >= 4 is 29.5 Å². The molecule has 0 aromatic heterocycles. The van der Waals surface area contributed by atoms with Crippen molar-refractivity contribution < 1.29 is 19.4 Å². The van der Waals surface area contributed by atoms with E-state index in [1.54, 1.807) is 11.8 Å². The summed E-state index contributed by atoms with van der Waals surface area (Å²) >= 11 is 3.56. The van der Waals surface area contributed by atoms with Gasteiger partial charge in [-0.05, 0) is 56.9 Å². The maximum Gasteiger partial charge on any atom is 0.321 e. The Morgan fingerprint density at radius 3 is 2.73 bits per heavy atom. The molecule has 1 fully saturated rings. The molecule has 0 aliphatic carbocycles. The highest BCUT2D eigenvalue weighted by Crippen LogP contribution is 2.35. The van der Waals surface area contributed by atoms with Gasteiger partial charge in [0.05, 0.1) is 0 Å². The fraction of sp³-hybridized carbons (Fsp3) is 0.500. The zero-order valence-corrected chi connectivity index (χ0v) is 21.7. The van der Waals surface area contributed by atoms with Crippen molar-refractivity contribution in [3.05, 3.63) is 63.5 Å². The van der Waals surface area contributed by atoms with Crippen molar-refractivity contribution in [3.8, 4) is 5.75 Å². The summed E-state index contributed by atoms with van der Waals surface area (Å²) in [4.78, 5) is 14.9. The number of ether oxygens (including phenoxy) is 2. The van der Waals surface area contributed by atoms with Crippen LogP contribution in [0.25, 0.3) is 0 Å². The lowest BCUT2D eigenvalue weighted by Crippen LogP contribution is -2.46. The smallest absolute Gasteiger partial charge is 0.321 e. The summed E-state index contributed by atoms with van der Waals surface area (Å²) in [5, 5.41) is 9.52. The maximum absolute atomic E-state index is 11.6. The van der Waals surface area contributed by atoms with Gasteiger partial charge in [0, 0.05) is 40.8 Å². The summed E-state index contributed by atoms with van der Waals surface area (Å²) in [5.74, 6) is 4.62. The molecular formula is C26H35NO4S2. The van der Waals surface area contributed by atoms with E-state index in [1.807, 2.05) is 54.8 Å². The largest absolute Gasteiger partial charge is 0.489 e. The normalized spacial score (nSPS) is 20.6. The fourth-order valence-corrected chi connectivity index (χ4v) is 5.79. The number of thioether (sulfide) groups is 2. The van der Waals surface area contributed by atoms with Crippen LogP contribution in [0, 0.1) is 0 Å². The molecule has 2 aliphatic heterocycles. The number of aliphatic carboxylic acids is 1. The standard InChI is InChI=1S/C26H35NO4S2/c1-5-18(2)25(24-10-7-12-33-24)31-20(4)19(3)16-30-22-9-6-8-21(14-22)15-27-11-13-32-17-23(27)26(28)29/h6,8-10,14,23H,5,7,11-13,15-17H2,1-4H3,(H,28,29)/b20-19+,25-18?. The molecule has 1 N–H and O–H groups in total. The first kappa shape index (κ1) is 25.8. The topological polar surface area (TPSA) is 59.0 Å². The van der Waals surface area contributed by atoms with Crippen LogP contribution in [0.1, 0.15) is 46.1 Å². The lowest BCUT2D eigenvalue weighted by Gasteiger charge is -2.32. The maximum atomic E-state index is 11.6. The summed E-state index contributed by atoms with van der Waals surface area (Å²) in [7, 11) is 0. The van der Waals surface area contributed by atoms with Gasteiger partial charge < -0.3 is 14.6 Å². The Labute approximate surface area is 206 Å². The van der Waals surface area contributed by atoms with Gasteiger partial charge in [0.25, 0.3) is 0 Å². The van der Waals surface area contributed by atoms with Crippen LogP contribution in [0.2, 0.25) is 0 Å². The van der Waals surface area contributed by atoms with Crippen LogP contribution in [0.3, 0.4) is 0 Å². The van der Waals surface area contributed by atoms with Gasteiger partial charge in [-0.1, -0.05) is 25.1 Å². The first-order valence-electron chi connectivity index (χ1n) is 11.5. The van der Waals surface area contributed by atoms with Crippen molar-refractivity contribution in [3.63, 3.8) is 0 Å². The molecular weight excluding hydrogens is 454 g/mol. The minimum Gasteiger partial charge on any atom is -0.489 e. The highest BCUT2D eigenvalue weighted by molar-refractivity contribution is 8.03. The number of benzene rings is 1. The average Bonchev–Trinajstić information content (AvgIpc) is 3.35. The number of nitrogens with zero attached hydrogens (tertiary/aromatic N) is 1. The third-order valence-corrected chi connectivity index (χ3v) is 8.09. The zero-order chi connectivity index (χ0) is 23.8. The van der Waals surface area contributed by atoms with Crippen molar-refractivity contribution in [1.29, 1.82) is 0 Å². The molecule has 0 spiro atoms. The van der Waals surface area contributed by atoms with E-state index >= 15 is 0 Å². The lowest BCUT2D eigenvalue weighted by atomic mass is 10.1. The van der Waals surface area contributed by atoms with Crippen LogP contribution in [-0.4, -0.2) is 52.4 Å². The molecule has 33 heavy (non-hydrogen) atoms. The van der Waals surface area contributed by atoms with Crippen LogP contribution >= 0.6 is 23.5 Å². The van der Waals surface area contributed by atoms with Gasteiger partial charge in [0.2, 0.25) is 0 Å². The van der Waals surface area contributed by atoms with Crippen molar-refractivity contribution in [1.82, 2.24) is 4.90 Å². The van der Waals surface area contributed by atoms with Gasteiger partial charge in [0.1, 0.15) is 29.9 Å². The van der Waals surface area contributed by atoms with E-state index in [4.69, 9.17) is 9.47 Å². The second kappa shape index (κ2) is 12.6. The molecule has 1 saturated heterocycles. The minimum atomic E-state index is -0.746. The lowest BCUT2D eigenvalue weighted by molar-refractivity contribution is -0.142. The molecule has 0 saturated carbocycles. The average molecular weight is 490 g/mol. The summed E-state index contributed by atoms with van der Waals surface area (Å²) in [5.41, 5.74) is 3.37. The number of hydrogen-bond donors (Lipinski definition) is 1. The van der Waals surface area contributed by atoms with Crippen LogP contribution in [-0.2, 0) is 16.1 Å². The SMILES string of the molecule is CCC(C)=C(O/C(C)=C(\C)COc1cccc(CN2CCSCC2C(=O)O)c1)C1=CCCS1. The van der Waals surface area contributed by atoms with Gasteiger partial charge in [0.15, 0.2) is 0 Å². The van der Waals surface area contributed by atoms with E-state index in [-0.39, 0.29) is 0 Å². The minimum absolute atomic E-state index is 0.430. The summed E-state index contributed by atoms with van der Waals surface area (Å²) in [6.45, 7) is 10.2. The Bertz CT molecular complexity index is 938. The molecule has 1 atom stereocenters. The molecule has 0 bridgehead atoms. The predicted molar refractivity (Wildman–Crippen MR) is 139 cm³/mol. The Hall–Kier alpha value is -1.83. The van der Waals surface area contributed by atoms with Gasteiger partial charge in [-0.15, -0.1) is 11.8 Å². The third kappa shape index (κ3) is 7.33. The Kier molecular flexibility index (Phi) is 9.83. The monoisotopic (exact) mass is 489 g/mol. The Morgan fingerprint density at radius 1 is 1.21 bits per heavy atom. The molecule has 1 aromatic carbocycles. The first-order chi connectivity index (χ1) is 15.9. The van der Waals surface area contributed by atoms with E-state index in [0.29, 0.717) is 18.9 Å². The van der Waals surface area contributed by atoms with Crippen LogP contribution in [0.5, 0.6) is 5.75 Å². The van der Waals surface area contributed by atoms with E-state index in [2.05, 4.69) is 19.9 Å². The van der Waals surface area contributed by atoms with E-state index < -0.39 is 12.0 Å². The molecule has 2 heterocycles. The highest BCUT2D eigenvalue weighted by atomic mass is 32.2. The molecule has 7 heteroatoms. The molecule has 2 aliphatic rings. The highest BCUT2D eigenvalue weighted by Gasteiger charge is 2.28.